The van der Waals surface area contributed by atoms with Crippen molar-refractivity contribution in [3.8, 4) is 45.2 Å². The van der Waals surface area contributed by atoms with Crippen LogP contribution in [0.1, 0.15) is 16.4 Å². The van der Waals surface area contributed by atoms with Crippen molar-refractivity contribution in [2.75, 3.05) is 5.32 Å². The van der Waals surface area contributed by atoms with Crippen molar-refractivity contribution in [1.82, 2.24) is 82.9 Å². The van der Waals surface area contributed by atoms with Crippen LogP contribution < -0.4 is 10.1 Å². The topological polar surface area (TPSA) is 210 Å². The first kappa shape index (κ1) is 52.2. The van der Waals surface area contributed by atoms with Gasteiger partial charge in [0, 0.05) is 75.9 Å². The third-order valence-corrected chi connectivity index (χ3v) is 17.1. The first-order chi connectivity index (χ1) is 39.9. The Balaban J connectivity index is 0.731. The number of aryl methyl sites for hydroxylation is 3. The SMILES string of the molecule is Cn1ccnc1-n1c(SCc2cc(-c3ccc4nc(SCc5cccc(NC(=O)C(F)(F)Oc6ccccc6)n5)n(-c5nccn5C)c4c3)ccn2)nc2ccc(-c3cnc(CSc4nc5ccc(F)cc5n4-c4nnnn4C)s3)cc21. The molecule has 27 heteroatoms. The summed E-state index contributed by atoms with van der Waals surface area (Å²) in [7, 11) is 5.57. The van der Waals surface area contributed by atoms with Crippen molar-refractivity contribution in [2.45, 2.75) is 38.8 Å². The van der Waals surface area contributed by atoms with E-state index in [1.807, 2.05) is 76.7 Å². The number of carbonyl (C=O) groups is 1. The molecular weight excluding hydrogens is 1130 g/mol. The van der Waals surface area contributed by atoms with Crippen molar-refractivity contribution < 1.29 is 22.7 Å². The van der Waals surface area contributed by atoms with E-state index in [0.29, 0.717) is 62.1 Å². The lowest BCUT2D eigenvalue weighted by Crippen LogP contribution is -2.40. The van der Waals surface area contributed by atoms with Gasteiger partial charge in [-0.1, -0.05) is 76.8 Å². The third-order valence-electron chi connectivity index (χ3n) is 12.9. The summed E-state index contributed by atoms with van der Waals surface area (Å²) >= 11 is 5.98. The standard InChI is InChI=1S/C55H41F3N18O2S4/c1-71-22-20-60-49(71)74-42-25-32(12-15-39(42)64-52(74)79-29-36-8-7-11-46(63-36)67-48(77)55(57,58)78-38-9-5-4-6-10-38)33-18-19-59-37(24-33)30-80-53-65-40-16-13-34(26-43(40)75(53)50-61-21-23-72(50)2)45-28-62-47(82-45)31-81-54-66-41-17-14-35(56)27-44(41)76(54)51-68-69-70-73(51)3/h4-28H,29-31H2,1-3H3,(H,63,67,77). The lowest BCUT2D eigenvalue weighted by molar-refractivity contribution is -0.187. The number of nitrogens with zero attached hydrogens (tertiary/aromatic N) is 17. The number of carbonyl (C=O) groups excluding carboxylic acids is 1. The average Bonchev–Trinajstić information content (AvgIpc) is 4.15. The van der Waals surface area contributed by atoms with Crippen molar-refractivity contribution in [3.05, 3.63) is 175 Å². The van der Waals surface area contributed by atoms with E-state index < -0.39 is 12.0 Å². The van der Waals surface area contributed by atoms with Gasteiger partial charge in [-0.3, -0.25) is 23.5 Å². The van der Waals surface area contributed by atoms with E-state index in [9.17, 15) is 18.0 Å². The number of tetrazole rings is 1. The summed E-state index contributed by atoms with van der Waals surface area (Å²) < 4.78 is 59.8. The number of thioether (sulfide) groups is 3. The fourth-order valence-electron chi connectivity index (χ4n) is 9.05. The Morgan fingerprint density at radius 1 is 0.610 bits per heavy atom. The van der Waals surface area contributed by atoms with E-state index >= 15 is 0 Å². The monoisotopic (exact) mass is 1170 g/mol. The van der Waals surface area contributed by atoms with Crippen molar-refractivity contribution >= 4 is 91.4 Å². The maximum atomic E-state index is 14.8. The number of para-hydroxylation sites is 1. The molecule has 0 saturated carbocycles. The summed E-state index contributed by atoms with van der Waals surface area (Å²) in [4.78, 5) is 52.0. The average molecular weight is 1170 g/mol. The number of fused-ring (bicyclic) bond motifs is 3. The van der Waals surface area contributed by atoms with Crippen LogP contribution in [0.3, 0.4) is 0 Å². The molecular formula is C55H41F3N18O2S4. The summed E-state index contributed by atoms with van der Waals surface area (Å²) in [5, 5.41) is 17.0. The third kappa shape index (κ3) is 10.3. The molecule has 9 heterocycles. The lowest BCUT2D eigenvalue weighted by Gasteiger charge is -2.17. The summed E-state index contributed by atoms with van der Waals surface area (Å²) in [6.45, 7) is 0. The molecule has 0 unspecified atom stereocenters. The first-order valence-electron chi connectivity index (χ1n) is 25.0. The van der Waals surface area contributed by atoms with E-state index in [1.54, 1.807) is 77.6 Å². The minimum Gasteiger partial charge on any atom is -0.425 e. The minimum atomic E-state index is -4.14. The minimum absolute atomic E-state index is 0.0518. The molecule has 9 aromatic heterocycles. The molecule has 408 valence electrons. The number of imidazole rings is 5. The maximum Gasteiger partial charge on any atom is 0.482 e. The number of ether oxygens (including phenoxy) is 1. The second-order valence-corrected chi connectivity index (χ2v) is 22.4. The van der Waals surface area contributed by atoms with Crippen LogP contribution >= 0.6 is 46.6 Å². The highest BCUT2D eigenvalue weighted by Gasteiger charge is 2.42. The lowest BCUT2D eigenvalue weighted by atomic mass is 10.1. The van der Waals surface area contributed by atoms with Crippen molar-refractivity contribution in [1.29, 1.82) is 0 Å². The number of amides is 1. The number of rotatable bonds is 18. The molecule has 13 rings (SSSR count). The van der Waals surface area contributed by atoms with Gasteiger partial charge in [0.05, 0.1) is 55.1 Å². The van der Waals surface area contributed by atoms with Gasteiger partial charge in [-0.2, -0.15) is 8.78 Å². The van der Waals surface area contributed by atoms with Crippen molar-refractivity contribution in [3.63, 3.8) is 0 Å². The molecule has 0 radical (unpaired) electrons. The summed E-state index contributed by atoms with van der Waals surface area (Å²) in [5.74, 6) is 0.802. The normalized spacial score (nSPS) is 11.9. The Kier molecular flexibility index (Phi) is 13.8. The second kappa shape index (κ2) is 21.7. The molecule has 4 aromatic carbocycles. The molecule has 13 aromatic rings. The number of alkyl halides is 2. The Labute approximate surface area is 479 Å². The highest BCUT2D eigenvalue weighted by atomic mass is 32.2. The number of thiazole rings is 1. The number of hydrogen-bond donors (Lipinski definition) is 1. The van der Waals surface area contributed by atoms with E-state index in [4.69, 9.17) is 29.9 Å². The van der Waals surface area contributed by atoms with Crippen LogP contribution in [0.4, 0.5) is 19.0 Å². The summed E-state index contributed by atoms with van der Waals surface area (Å²) in [6.07, 6.45) is 6.76. The highest BCUT2D eigenvalue weighted by molar-refractivity contribution is 7.98. The molecule has 0 fully saturated rings. The number of anilines is 1. The predicted octanol–water partition coefficient (Wildman–Crippen LogP) is 10.9. The number of pyridine rings is 2. The molecule has 20 nitrogen and oxygen atoms in total. The Morgan fingerprint density at radius 3 is 1.88 bits per heavy atom. The van der Waals surface area contributed by atoms with Gasteiger partial charge < -0.3 is 19.2 Å². The smallest absolute Gasteiger partial charge is 0.425 e. The van der Waals surface area contributed by atoms with E-state index in [0.717, 1.165) is 59.5 Å². The zero-order valence-electron chi connectivity index (χ0n) is 43.2. The predicted molar refractivity (Wildman–Crippen MR) is 307 cm³/mol. The van der Waals surface area contributed by atoms with Gasteiger partial charge >= 0.3 is 12.0 Å². The largest absolute Gasteiger partial charge is 0.482 e. The fraction of sp³-hybridized carbons (Fsp3) is 0.127. The molecule has 1 N–H and O–H groups in total. The van der Waals surface area contributed by atoms with E-state index in [2.05, 4.69) is 58.3 Å². The van der Waals surface area contributed by atoms with Gasteiger partial charge in [0.1, 0.15) is 22.4 Å². The molecule has 0 aliphatic rings. The molecule has 0 bridgehead atoms. The van der Waals surface area contributed by atoms with Crippen LogP contribution in [0.5, 0.6) is 5.75 Å². The molecule has 1 amide bonds. The zero-order valence-corrected chi connectivity index (χ0v) is 46.5. The summed E-state index contributed by atoms with van der Waals surface area (Å²) in [5.41, 5.74) is 8.58. The van der Waals surface area contributed by atoms with Crippen LogP contribution in [0.2, 0.25) is 0 Å². The first-order valence-corrected chi connectivity index (χ1v) is 28.8. The Hall–Kier alpha value is -9.18. The number of benzene rings is 4. The van der Waals surface area contributed by atoms with Crippen molar-refractivity contribution in [2.24, 2.45) is 21.1 Å². The zero-order chi connectivity index (χ0) is 56.1. The maximum absolute atomic E-state index is 14.8. The van der Waals surface area contributed by atoms with Gasteiger partial charge in [-0.25, -0.2) is 44.0 Å². The highest BCUT2D eigenvalue weighted by Crippen LogP contribution is 2.38. The van der Waals surface area contributed by atoms with Crippen LogP contribution in [0, 0.1) is 5.82 Å². The molecule has 82 heavy (non-hydrogen) atoms. The molecule has 0 aliphatic carbocycles. The van der Waals surface area contributed by atoms with Crippen LogP contribution in [-0.2, 0) is 43.2 Å². The van der Waals surface area contributed by atoms with Gasteiger partial charge in [0.2, 0.25) is 11.9 Å². The van der Waals surface area contributed by atoms with E-state index in [1.165, 1.54) is 70.7 Å². The van der Waals surface area contributed by atoms with Crippen LogP contribution in [0.15, 0.2) is 168 Å². The Bertz CT molecular complexity index is 4530. The van der Waals surface area contributed by atoms with E-state index in [-0.39, 0.29) is 17.4 Å². The molecule has 0 spiro atoms. The number of nitrogens with one attached hydrogen (secondary N) is 1. The quantitative estimate of drug-likeness (QED) is 0.0792. The fourth-order valence-corrected chi connectivity index (χ4v) is 12.8. The Morgan fingerprint density at radius 2 is 1.22 bits per heavy atom. The number of halogens is 3. The van der Waals surface area contributed by atoms with Crippen LogP contribution in [-0.4, -0.2) is 94.9 Å². The number of hydrogen-bond acceptors (Lipinski definition) is 17. The second-order valence-electron chi connectivity index (χ2n) is 18.4. The van der Waals surface area contributed by atoms with Gasteiger partial charge in [-0.05, 0) is 99.9 Å². The van der Waals surface area contributed by atoms with Gasteiger partial charge in [0.15, 0.2) is 15.5 Å². The molecule has 0 atom stereocenters. The number of aromatic nitrogens is 17. The molecule has 0 saturated heterocycles. The van der Waals surface area contributed by atoms with Gasteiger partial charge in [0.25, 0.3) is 5.95 Å². The molecule has 0 aliphatic heterocycles. The van der Waals surface area contributed by atoms with Crippen LogP contribution in [0.25, 0.3) is 72.5 Å². The van der Waals surface area contributed by atoms with Gasteiger partial charge in [-0.15, -0.1) is 11.3 Å². The summed E-state index contributed by atoms with van der Waals surface area (Å²) in [6, 6.07) is 32.9.